The van der Waals surface area contributed by atoms with Gasteiger partial charge in [-0.05, 0) is 57.2 Å². The largest absolute Gasteiger partial charge is 0.507 e. The number of ether oxygens (including phenoxy) is 1. The molecule has 0 saturated carbocycles. The molecule has 3 aromatic carbocycles. The van der Waals surface area contributed by atoms with Crippen molar-refractivity contribution in [2.45, 2.75) is 25.9 Å². The Hall–Kier alpha value is -3.12. The second-order valence-corrected chi connectivity index (χ2v) is 7.49. The van der Waals surface area contributed by atoms with Crippen molar-refractivity contribution in [1.82, 2.24) is 5.43 Å². The van der Waals surface area contributed by atoms with Gasteiger partial charge in [-0.1, -0.05) is 55.5 Å². The van der Waals surface area contributed by atoms with E-state index in [-0.39, 0.29) is 11.7 Å². The number of allylic oxidation sites excluding steroid dienone is 1. The highest BCUT2D eigenvalue weighted by atomic mass is 79.9. The van der Waals surface area contributed by atoms with Gasteiger partial charge in [0.2, 0.25) is 0 Å². The summed E-state index contributed by atoms with van der Waals surface area (Å²) in [5.41, 5.74) is 3.76. The van der Waals surface area contributed by atoms with Crippen molar-refractivity contribution in [1.29, 1.82) is 0 Å². The monoisotopic (exact) mass is 466 g/mol. The number of fused-ring (bicyclic) bond motifs is 1. The third kappa shape index (κ3) is 4.89. The Bertz CT molecular complexity index is 1100. The van der Waals surface area contributed by atoms with Gasteiger partial charge < -0.3 is 9.84 Å². The number of hydrogen-bond acceptors (Lipinski definition) is 4. The molecule has 3 rings (SSSR count). The number of halogens is 1. The van der Waals surface area contributed by atoms with E-state index in [1.54, 1.807) is 12.1 Å². The van der Waals surface area contributed by atoms with Crippen molar-refractivity contribution >= 4 is 38.8 Å². The molecule has 0 saturated heterocycles. The van der Waals surface area contributed by atoms with E-state index in [2.05, 4.69) is 33.0 Å². The molecule has 0 heterocycles. The zero-order valence-electron chi connectivity index (χ0n) is 16.6. The number of aromatic hydroxyl groups is 1. The Kier molecular flexibility index (Phi) is 7.25. The van der Waals surface area contributed by atoms with Crippen molar-refractivity contribution in [2.75, 3.05) is 0 Å². The van der Waals surface area contributed by atoms with Gasteiger partial charge in [0.05, 0.1) is 10.7 Å². The first-order chi connectivity index (χ1) is 14.5. The molecule has 0 aliphatic heterocycles. The third-order valence-electron chi connectivity index (χ3n) is 4.65. The molecule has 0 radical (unpaired) electrons. The second kappa shape index (κ2) is 10.1. The molecule has 0 fully saturated rings. The molecule has 1 amide bonds. The van der Waals surface area contributed by atoms with Crippen molar-refractivity contribution in [3.63, 3.8) is 0 Å². The smallest absolute Gasteiger partial charge is 0.281 e. The lowest BCUT2D eigenvalue weighted by Crippen LogP contribution is -2.35. The zero-order valence-corrected chi connectivity index (χ0v) is 18.2. The van der Waals surface area contributed by atoms with Crippen LogP contribution in [0.1, 0.15) is 24.5 Å². The first kappa shape index (κ1) is 21.6. The molecule has 154 valence electrons. The number of carbonyl (C=O) groups excluding carboxylic acids is 1. The van der Waals surface area contributed by atoms with Gasteiger partial charge in [0, 0.05) is 5.56 Å². The van der Waals surface area contributed by atoms with Gasteiger partial charge >= 0.3 is 0 Å². The van der Waals surface area contributed by atoms with Gasteiger partial charge in [-0.25, -0.2) is 5.43 Å². The standard InChI is InChI=1S/C24H23BrN2O3/c1-3-8-17-10-7-11-18(23(17)28)15-26-27-24(29)20(4-2)30-21-14-13-16-9-5-6-12-19(16)22(21)25/h3,5-7,9-15,20,28H,1,4,8H2,2H3,(H,27,29)/b26-15+/t20-/m1/s1. The van der Waals surface area contributed by atoms with Crippen LogP contribution in [-0.4, -0.2) is 23.3 Å². The predicted molar refractivity (Wildman–Crippen MR) is 124 cm³/mol. The van der Waals surface area contributed by atoms with E-state index in [4.69, 9.17) is 4.74 Å². The predicted octanol–water partition coefficient (Wildman–Crippen LogP) is 5.34. The molecular weight excluding hydrogens is 444 g/mol. The van der Waals surface area contributed by atoms with Crippen molar-refractivity contribution in [2.24, 2.45) is 5.10 Å². The molecule has 0 unspecified atom stereocenters. The molecule has 0 aromatic heterocycles. The summed E-state index contributed by atoms with van der Waals surface area (Å²) in [4.78, 5) is 12.6. The number of carbonyl (C=O) groups is 1. The Balaban J connectivity index is 1.70. The maximum absolute atomic E-state index is 12.6. The number of rotatable bonds is 8. The Labute approximate surface area is 184 Å². The van der Waals surface area contributed by atoms with Crippen LogP contribution in [0.25, 0.3) is 10.8 Å². The van der Waals surface area contributed by atoms with Crippen molar-refractivity contribution in [3.05, 3.63) is 82.9 Å². The average Bonchev–Trinajstić information content (AvgIpc) is 2.76. The van der Waals surface area contributed by atoms with Crippen LogP contribution in [0, 0.1) is 0 Å². The van der Waals surface area contributed by atoms with Gasteiger partial charge in [-0.3, -0.25) is 4.79 Å². The van der Waals surface area contributed by atoms with E-state index in [1.807, 2.05) is 55.5 Å². The fraction of sp³-hybridized carbons (Fsp3) is 0.167. The number of benzene rings is 3. The quantitative estimate of drug-likeness (QED) is 0.267. The highest BCUT2D eigenvalue weighted by molar-refractivity contribution is 9.10. The summed E-state index contributed by atoms with van der Waals surface area (Å²) >= 11 is 3.58. The number of nitrogens with one attached hydrogen (secondary N) is 1. The Morgan fingerprint density at radius 2 is 2.03 bits per heavy atom. The van der Waals surface area contributed by atoms with Crippen LogP contribution in [0.15, 0.2) is 76.8 Å². The van der Waals surface area contributed by atoms with Crippen LogP contribution in [-0.2, 0) is 11.2 Å². The van der Waals surface area contributed by atoms with Crippen LogP contribution in [0.4, 0.5) is 0 Å². The minimum Gasteiger partial charge on any atom is -0.507 e. The molecule has 1 atom stereocenters. The molecule has 0 spiro atoms. The number of para-hydroxylation sites is 1. The van der Waals surface area contributed by atoms with Gasteiger partial charge in [0.1, 0.15) is 11.5 Å². The molecule has 0 aliphatic rings. The normalized spacial score (nSPS) is 12.1. The molecule has 3 aromatic rings. The minimum atomic E-state index is -0.708. The van der Waals surface area contributed by atoms with Gasteiger partial charge in [-0.2, -0.15) is 5.10 Å². The van der Waals surface area contributed by atoms with Gasteiger partial charge in [-0.15, -0.1) is 6.58 Å². The number of phenolic OH excluding ortho intramolecular Hbond substituents is 1. The molecule has 30 heavy (non-hydrogen) atoms. The minimum absolute atomic E-state index is 0.124. The molecule has 5 nitrogen and oxygen atoms in total. The van der Waals surface area contributed by atoms with Crippen LogP contribution >= 0.6 is 15.9 Å². The summed E-state index contributed by atoms with van der Waals surface area (Å²) in [6.45, 7) is 5.55. The van der Waals surface area contributed by atoms with Crippen LogP contribution in [0.5, 0.6) is 11.5 Å². The Morgan fingerprint density at radius 3 is 2.80 bits per heavy atom. The SMILES string of the molecule is C=CCc1cccc(/C=N/NC(=O)[C@@H](CC)Oc2ccc3ccccc3c2Br)c1O. The Morgan fingerprint density at radius 1 is 1.23 bits per heavy atom. The number of nitrogens with zero attached hydrogens (tertiary/aromatic N) is 1. The first-order valence-electron chi connectivity index (χ1n) is 9.63. The summed E-state index contributed by atoms with van der Waals surface area (Å²) in [5.74, 6) is 0.351. The molecule has 0 bridgehead atoms. The second-order valence-electron chi connectivity index (χ2n) is 6.70. The number of amides is 1. The lowest BCUT2D eigenvalue weighted by molar-refractivity contribution is -0.128. The van der Waals surface area contributed by atoms with E-state index in [0.717, 1.165) is 20.8 Å². The number of hydrogen-bond donors (Lipinski definition) is 2. The zero-order chi connectivity index (χ0) is 21.5. The molecule has 2 N–H and O–H groups in total. The fourth-order valence-corrected chi connectivity index (χ4v) is 3.64. The third-order valence-corrected chi connectivity index (χ3v) is 5.47. The lowest BCUT2D eigenvalue weighted by atomic mass is 10.1. The van der Waals surface area contributed by atoms with Crippen LogP contribution < -0.4 is 10.2 Å². The summed E-state index contributed by atoms with van der Waals surface area (Å²) in [5, 5.41) is 16.3. The summed E-state index contributed by atoms with van der Waals surface area (Å²) in [6, 6.07) is 17.1. The van der Waals surface area contributed by atoms with E-state index in [0.29, 0.717) is 24.2 Å². The highest BCUT2D eigenvalue weighted by Gasteiger charge is 2.19. The summed E-state index contributed by atoms with van der Waals surface area (Å²) in [7, 11) is 0. The lowest BCUT2D eigenvalue weighted by Gasteiger charge is -2.17. The van der Waals surface area contributed by atoms with Crippen LogP contribution in [0.3, 0.4) is 0 Å². The summed E-state index contributed by atoms with van der Waals surface area (Å²) < 4.78 is 6.75. The van der Waals surface area contributed by atoms with Gasteiger partial charge in [0.25, 0.3) is 5.91 Å². The van der Waals surface area contributed by atoms with E-state index >= 15 is 0 Å². The number of phenols is 1. The van der Waals surface area contributed by atoms with Gasteiger partial charge in [0.15, 0.2) is 6.10 Å². The van der Waals surface area contributed by atoms with E-state index < -0.39 is 6.10 Å². The topological polar surface area (TPSA) is 70.9 Å². The van der Waals surface area contributed by atoms with E-state index in [9.17, 15) is 9.90 Å². The maximum atomic E-state index is 12.6. The first-order valence-corrected chi connectivity index (χ1v) is 10.4. The summed E-state index contributed by atoms with van der Waals surface area (Å²) in [6.07, 6.45) is 3.44. The molecule has 6 heteroatoms. The average molecular weight is 467 g/mol. The van der Waals surface area contributed by atoms with Crippen LogP contribution in [0.2, 0.25) is 0 Å². The highest BCUT2D eigenvalue weighted by Crippen LogP contribution is 2.33. The fourth-order valence-electron chi connectivity index (χ4n) is 3.05. The molecular formula is C24H23BrN2O3. The van der Waals surface area contributed by atoms with Crippen molar-refractivity contribution < 1.29 is 14.6 Å². The van der Waals surface area contributed by atoms with E-state index in [1.165, 1.54) is 6.21 Å². The van der Waals surface area contributed by atoms with Crippen molar-refractivity contribution in [3.8, 4) is 11.5 Å². The number of hydrazone groups is 1. The molecule has 0 aliphatic carbocycles. The maximum Gasteiger partial charge on any atom is 0.281 e.